The average Bonchev–Trinajstić information content (AvgIpc) is 2.74. The quantitative estimate of drug-likeness (QED) is 0.726. The number of anilines is 1. The van der Waals surface area contributed by atoms with Crippen molar-refractivity contribution in [2.75, 3.05) is 30.9 Å². The van der Waals surface area contributed by atoms with Gasteiger partial charge in [0.15, 0.2) is 0 Å². The standard InChI is InChI=1S/C23H28FN3O5S/c1-16-15-19(9-10-20(16)24)33(30,31)25-18-7-5-17(6-8-18)21(28)26-11-13-27(14-12-26)22(29)32-23(2,3)4/h5-10,15,25H,11-14H2,1-4H3. The number of amides is 2. The van der Waals surface area contributed by atoms with Crippen molar-refractivity contribution in [2.45, 2.75) is 38.2 Å². The van der Waals surface area contributed by atoms with Crippen molar-refractivity contribution >= 4 is 27.7 Å². The number of rotatable bonds is 4. The van der Waals surface area contributed by atoms with E-state index in [4.69, 9.17) is 4.74 Å². The summed E-state index contributed by atoms with van der Waals surface area (Å²) >= 11 is 0. The van der Waals surface area contributed by atoms with E-state index in [1.807, 2.05) is 0 Å². The molecule has 178 valence electrons. The van der Waals surface area contributed by atoms with Crippen molar-refractivity contribution in [1.82, 2.24) is 9.80 Å². The second kappa shape index (κ2) is 9.38. The van der Waals surface area contributed by atoms with Gasteiger partial charge in [0, 0.05) is 37.4 Å². The number of piperazine rings is 1. The fourth-order valence-electron chi connectivity index (χ4n) is 3.28. The summed E-state index contributed by atoms with van der Waals surface area (Å²) in [6.45, 7) is 8.37. The molecule has 0 radical (unpaired) electrons. The highest BCUT2D eigenvalue weighted by Gasteiger charge is 2.28. The van der Waals surface area contributed by atoms with Crippen LogP contribution in [0.3, 0.4) is 0 Å². The summed E-state index contributed by atoms with van der Waals surface area (Å²) in [6, 6.07) is 9.63. The van der Waals surface area contributed by atoms with Gasteiger partial charge in [-0.1, -0.05) is 0 Å². The van der Waals surface area contributed by atoms with E-state index in [1.165, 1.54) is 43.3 Å². The highest BCUT2D eigenvalue weighted by atomic mass is 32.2. The molecule has 1 heterocycles. The number of nitrogens with one attached hydrogen (secondary N) is 1. The number of hydrogen-bond donors (Lipinski definition) is 1. The first-order chi connectivity index (χ1) is 15.4. The van der Waals surface area contributed by atoms with E-state index in [9.17, 15) is 22.4 Å². The number of benzene rings is 2. The third kappa shape index (κ3) is 6.22. The third-order valence-corrected chi connectivity index (χ3v) is 6.42. The number of aryl methyl sites for hydroxylation is 1. The van der Waals surface area contributed by atoms with Crippen molar-refractivity contribution in [1.29, 1.82) is 0 Å². The predicted molar refractivity (Wildman–Crippen MR) is 122 cm³/mol. The molecule has 2 amide bonds. The van der Waals surface area contributed by atoms with Gasteiger partial charge in [-0.2, -0.15) is 0 Å². The van der Waals surface area contributed by atoms with Gasteiger partial charge in [0.2, 0.25) is 0 Å². The van der Waals surface area contributed by atoms with Crippen LogP contribution in [0, 0.1) is 12.7 Å². The van der Waals surface area contributed by atoms with E-state index in [1.54, 1.807) is 30.6 Å². The minimum absolute atomic E-state index is 0.0515. The first kappa shape index (κ1) is 24.5. The lowest BCUT2D eigenvalue weighted by atomic mass is 10.1. The maximum Gasteiger partial charge on any atom is 0.410 e. The molecule has 0 unspecified atom stereocenters. The lowest BCUT2D eigenvalue weighted by Crippen LogP contribution is -2.51. The Morgan fingerprint density at radius 3 is 2.09 bits per heavy atom. The Labute approximate surface area is 193 Å². The van der Waals surface area contributed by atoms with Crippen LogP contribution in [0.2, 0.25) is 0 Å². The van der Waals surface area contributed by atoms with Gasteiger partial charge < -0.3 is 14.5 Å². The smallest absolute Gasteiger partial charge is 0.410 e. The molecular formula is C23H28FN3O5S. The molecule has 3 rings (SSSR count). The normalized spacial score (nSPS) is 14.7. The summed E-state index contributed by atoms with van der Waals surface area (Å²) in [5, 5.41) is 0. The lowest BCUT2D eigenvalue weighted by molar-refractivity contribution is 0.0141. The molecular weight excluding hydrogens is 449 g/mol. The average molecular weight is 478 g/mol. The molecule has 10 heteroatoms. The van der Waals surface area contributed by atoms with Crippen LogP contribution in [-0.2, 0) is 14.8 Å². The molecule has 0 aliphatic carbocycles. The van der Waals surface area contributed by atoms with Gasteiger partial charge in [-0.3, -0.25) is 9.52 Å². The fraction of sp³-hybridized carbons (Fsp3) is 0.391. The fourth-order valence-corrected chi connectivity index (χ4v) is 4.42. The Kier molecular flexibility index (Phi) is 6.97. The summed E-state index contributed by atoms with van der Waals surface area (Å²) < 4.78 is 46.3. The largest absolute Gasteiger partial charge is 0.444 e. The van der Waals surface area contributed by atoms with Crippen LogP contribution in [0.5, 0.6) is 0 Å². The molecule has 1 aliphatic heterocycles. The van der Waals surface area contributed by atoms with Gasteiger partial charge >= 0.3 is 6.09 Å². The maximum absolute atomic E-state index is 13.4. The number of carbonyl (C=O) groups excluding carboxylic acids is 2. The van der Waals surface area contributed by atoms with Gasteiger partial charge in [0.1, 0.15) is 11.4 Å². The highest BCUT2D eigenvalue weighted by Crippen LogP contribution is 2.20. The van der Waals surface area contributed by atoms with Crippen molar-refractivity contribution in [3.05, 3.63) is 59.4 Å². The zero-order chi connectivity index (χ0) is 24.4. The number of hydrogen-bond acceptors (Lipinski definition) is 5. The van der Waals surface area contributed by atoms with Gasteiger partial charge in [-0.05, 0) is 75.7 Å². The van der Waals surface area contributed by atoms with Crippen LogP contribution in [0.1, 0.15) is 36.7 Å². The molecule has 0 spiro atoms. The van der Waals surface area contributed by atoms with E-state index >= 15 is 0 Å². The summed E-state index contributed by atoms with van der Waals surface area (Å²) in [7, 11) is -3.89. The number of halogens is 1. The summed E-state index contributed by atoms with van der Waals surface area (Å²) in [5.41, 5.74) is 0.332. The molecule has 0 aromatic heterocycles. The van der Waals surface area contributed by atoms with E-state index in [0.29, 0.717) is 31.7 Å². The second-order valence-corrected chi connectivity index (χ2v) is 10.5. The number of sulfonamides is 1. The number of carbonyl (C=O) groups is 2. The molecule has 1 aliphatic rings. The highest BCUT2D eigenvalue weighted by molar-refractivity contribution is 7.92. The SMILES string of the molecule is Cc1cc(S(=O)(=O)Nc2ccc(C(=O)N3CCN(C(=O)OC(C)(C)C)CC3)cc2)ccc1F. The Morgan fingerprint density at radius 2 is 1.55 bits per heavy atom. The van der Waals surface area contributed by atoms with E-state index in [-0.39, 0.29) is 22.1 Å². The maximum atomic E-state index is 13.4. The molecule has 1 fully saturated rings. The minimum Gasteiger partial charge on any atom is -0.444 e. The van der Waals surface area contributed by atoms with E-state index in [2.05, 4.69) is 4.72 Å². The van der Waals surface area contributed by atoms with E-state index in [0.717, 1.165) is 6.07 Å². The minimum atomic E-state index is -3.89. The number of ether oxygens (including phenoxy) is 1. The van der Waals surface area contributed by atoms with Gasteiger partial charge in [-0.15, -0.1) is 0 Å². The second-order valence-electron chi connectivity index (χ2n) is 8.85. The molecule has 2 aromatic rings. The van der Waals surface area contributed by atoms with Gasteiger partial charge in [0.05, 0.1) is 4.90 Å². The predicted octanol–water partition coefficient (Wildman–Crippen LogP) is 3.63. The molecule has 2 aromatic carbocycles. The molecule has 0 atom stereocenters. The zero-order valence-electron chi connectivity index (χ0n) is 19.1. The van der Waals surface area contributed by atoms with Crippen LogP contribution >= 0.6 is 0 Å². The summed E-state index contributed by atoms with van der Waals surface area (Å²) in [5.74, 6) is -0.689. The van der Waals surface area contributed by atoms with Crippen LogP contribution < -0.4 is 4.72 Å². The third-order valence-electron chi connectivity index (χ3n) is 5.04. The van der Waals surface area contributed by atoms with E-state index < -0.39 is 27.5 Å². The number of nitrogens with zero attached hydrogens (tertiary/aromatic N) is 2. The summed E-state index contributed by atoms with van der Waals surface area (Å²) in [4.78, 5) is 28.1. The molecule has 0 saturated carbocycles. The lowest BCUT2D eigenvalue weighted by Gasteiger charge is -2.35. The van der Waals surface area contributed by atoms with Gasteiger partial charge in [-0.25, -0.2) is 17.6 Å². The van der Waals surface area contributed by atoms with Crippen LogP contribution in [0.25, 0.3) is 0 Å². The Hall–Kier alpha value is -3.14. The van der Waals surface area contributed by atoms with Crippen LogP contribution in [-0.4, -0.2) is 62.0 Å². The van der Waals surface area contributed by atoms with Crippen molar-refractivity contribution in [3.8, 4) is 0 Å². The molecule has 0 bridgehead atoms. The molecule has 1 N–H and O–H groups in total. The molecule has 8 nitrogen and oxygen atoms in total. The first-order valence-electron chi connectivity index (χ1n) is 10.5. The van der Waals surface area contributed by atoms with Gasteiger partial charge in [0.25, 0.3) is 15.9 Å². The van der Waals surface area contributed by atoms with Crippen molar-refractivity contribution in [2.24, 2.45) is 0 Å². The van der Waals surface area contributed by atoms with Crippen LogP contribution in [0.4, 0.5) is 14.9 Å². The zero-order valence-corrected chi connectivity index (χ0v) is 19.9. The first-order valence-corrected chi connectivity index (χ1v) is 12.0. The molecule has 1 saturated heterocycles. The van der Waals surface area contributed by atoms with Crippen molar-refractivity contribution < 1.29 is 27.1 Å². The summed E-state index contributed by atoms with van der Waals surface area (Å²) in [6.07, 6.45) is -0.400. The Balaban J connectivity index is 1.60. The monoisotopic (exact) mass is 477 g/mol. The topological polar surface area (TPSA) is 96.0 Å². The van der Waals surface area contributed by atoms with Crippen LogP contribution in [0.15, 0.2) is 47.4 Å². The molecule has 33 heavy (non-hydrogen) atoms. The Bertz CT molecular complexity index is 1140. The Morgan fingerprint density at radius 1 is 0.970 bits per heavy atom. The van der Waals surface area contributed by atoms with Crippen molar-refractivity contribution in [3.63, 3.8) is 0 Å².